The molecular formula is C22H26O4. The van der Waals surface area contributed by atoms with Crippen LogP contribution in [0.15, 0.2) is 15.3 Å². The first-order chi connectivity index (χ1) is 12.5. The van der Waals surface area contributed by atoms with Crippen molar-refractivity contribution in [1.82, 2.24) is 0 Å². The fourth-order valence-corrected chi connectivity index (χ4v) is 5.58. The molecule has 2 aliphatic carbocycles. The Kier molecular flexibility index (Phi) is 3.52. The van der Waals surface area contributed by atoms with Crippen molar-refractivity contribution in [2.24, 2.45) is 5.92 Å². The van der Waals surface area contributed by atoms with Gasteiger partial charge in [0.15, 0.2) is 0 Å². The number of aliphatic hydroxyl groups excluding tert-OH is 1. The van der Waals surface area contributed by atoms with Crippen molar-refractivity contribution < 1.29 is 14.3 Å². The molecule has 4 heteroatoms. The Bertz CT molecular complexity index is 957. The molecule has 1 saturated carbocycles. The van der Waals surface area contributed by atoms with Crippen LogP contribution >= 0.6 is 0 Å². The Labute approximate surface area is 153 Å². The van der Waals surface area contributed by atoms with E-state index in [4.69, 9.17) is 9.15 Å². The van der Waals surface area contributed by atoms with Gasteiger partial charge in [-0.05, 0) is 63.0 Å². The lowest BCUT2D eigenvalue weighted by atomic mass is 9.73. The Hall–Kier alpha value is -1.81. The molecule has 3 aliphatic rings. The number of aryl methyl sites for hydroxylation is 2. The van der Waals surface area contributed by atoms with Gasteiger partial charge in [-0.1, -0.05) is 13.3 Å². The van der Waals surface area contributed by atoms with Crippen LogP contribution in [0.1, 0.15) is 73.8 Å². The molecule has 2 heterocycles. The van der Waals surface area contributed by atoms with Crippen LogP contribution in [0, 0.1) is 12.8 Å². The number of benzene rings is 1. The molecule has 138 valence electrons. The third-order valence-electron chi connectivity index (χ3n) is 6.76. The zero-order valence-electron chi connectivity index (χ0n) is 15.6. The number of ether oxygens (including phenoxy) is 1. The van der Waals surface area contributed by atoms with Crippen molar-refractivity contribution in [3.05, 3.63) is 38.7 Å². The molecule has 4 nitrogen and oxygen atoms in total. The predicted molar refractivity (Wildman–Crippen MR) is 99.8 cm³/mol. The maximum absolute atomic E-state index is 12.4. The van der Waals surface area contributed by atoms with Crippen molar-refractivity contribution in [3.63, 3.8) is 0 Å². The van der Waals surface area contributed by atoms with Gasteiger partial charge in [-0.2, -0.15) is 0 Å². The van der Waals surface area contributed by atoms with Crippen LogP contribution in [0.4, 0.5) is 0 Å². The molecule has 0 bridgehead atoms. The van der Waals surface area contributed by atoms with Crippen LogP contribution in [0.3, 0.4) is 0 Å². The minimum Gasteiger partial charge on any atom is -0.486 e. The molecule has 2 aromatic rings. The summed E-state index contributed by atoms with van der Waals surface area (Å²) in [6.45, 7) is 4.23. The molecule has 0 saturated heterocycles. The Morgan fingerprint density at radius 1 is 1.19 bits per heavy atom. The third-order valence-corrected chi connectivity index (χ3v) is 6.76. The highest BCUT2D eigenvalue weighted by molar-refractivity contribution is 5.88. The predicted octanol–water partition coefficient (Wildman–Crippen LogP) is 4.35. The number of aliphatic hydroxyl groups is 1. The quantitative estimate of drug-likeness (QED) is 0.714. The summed E-state index contributed by atoms with van der Waals surface area (Å²) in [5.41, 5.74) is 3.82. The molecule has 0 amide bonds. The lowest BCUT2D eigenvalue weighted by molar-refractivity contribution is -0.0499. The maximum Gasteiger partial charge on any atom is 0.339 e. The smallest absolute Gasteiger partial charge is 0.339 e. The molecule has 1 spiro atoms. The molecular weight excluding hydrogens is 328 g/mol. The summed E-state index contributed by atoms with van der Waals surface area (Å²) in [4.78, 5) is 12.4. The van der Waals surface area contributed by atoms with Crippen LogP contribution in [0.5, 0.6) is 5.75 Å². The maximum atomic E-state index is 12.4. The Morgan fingerprint density at radius 3 is 2.81 bits per heavy atom. The summed E-state index contributed by atoms with van der Waals surface area (Å²) in [5, 5.41) is 12.0. The van der Waals surface area contributed by atoms with Gasteiger partial charge in [0.1, 0.15) is 16.9 Å². The molecule has 1 aromatic carbocycles. The van der Waals surface area contributed by atoms with Crippen molar-refractivity contribution in [2.75, 3.05) is 0 Å². The Morgan fingerprint density at radius 2 is 2.00 bits per heavy atom. The number of hydrogen-bond donors (Lipinski definition) is 1. The van der Waals surface area contributed by atoms with Gasteiger partial charge in [0.2, 0.25) is 0 Å². The van der Waals surface area contributed by atoms with E-state index >= 15 is 0 Å². The highest BCUT2D eigenvalue weighted by Crippen LogP contribution is 2.50. The molecule has 5 rings (SSSR count). The number of rotatable bonds is 0. The fraction of sp³-hybridized carbons (Fsp3) is 0.591. The van der Waals surface area contributed by atoms with Crippen LogP contribution in [-0.4, -0.2) is 10.7 Å². The molecule has 0 radical (unpaired) electrons. The largest absolute Gasteiger partial charge is 0.486 e. The highest BCUT2D eigenvalue weighted by Gasteiger charge is 2.44. The van der Waals surface area contributed by atoms with E-state index < -0.39 is 6.10 Å². The normalized spacial score (nSPS) is 30.3. The minimum absolute atomic E-state index is 0.203. The first kappa shape index (κ1) is 16.4. The summed E-state index contributed by atoms with van der Waals surface area (Å²) < 4.78 is 12.3. The van der Waals surface area contributed by atoms with Gasteiger partial charge >= 0.3 is 5.63 Å². The summed E-state index contributed by atoms with van der Waals surface area (Å²) >= 11 is 0. The molecule has 1 N–H and O–H groups in total. The number of fused-ring (bicyclic) bond motifs is 4. The minimum atomic E-state index is -0.517. The Balaban J connectivity index is 1.71. The van der Waals surface area contributed by atoms with Gasteiger partial charge in [-0.3, -0.25) is 0 Å². The van der Waals surface area contributed by atoms with Gasteiger partial charge in [-0.15, -0.1) is 0 Å². The second-order valence-corrected chi connectivity index (χ2v) is 8.70. The van der Waals surface area contributed by atoms with E-state index in [1.807, 2.05) is 13.0 Å². The lowest BCUT2D eigenvalue weighted by Crippen LogP contribution is -2.44. The van der Waals surface area contributed by atoms with Crippen molar-refractivity contribution in [2.45, 2.75) is 76.9 Å². The summed E-state index contributed by atoms with van der Waals surface area (Å²) in [7, 11) is 0. The molecule has 26 heavy (non-hydrogen) atoms. The van der Waals surface area contributed by atoms with Gasteiger partial charge in [-0.25, -0.2) is 4.79 Å². The van der Waals surface area contributed by atoms with Gasteiger partial charge in [0.05, 0.1) is 6.10 Å². The van der Waals surface area contributed by atoms with E-state index in [1.165, 1.54) is 6.42 Å². The van der Waals surface area contributed by atoms with Crippen LogP contribution in [0.25, 0.3) is 11.0 Å². The molecule has 3 atom stereocenters. The van der Waals surface area contributed by atoms with Crippen LogP contribution < -0.4 is 10.4 Å². The zero-order valence-corrected chi connectivity index (χ0v) is 15.6. The standard InChI is InChI=1S/C22H26O4/c1-12-5-4-8-22(10-12)11-18(23)17-9-16-14-6-3-7-15(14)21(24)25-19(16)13(2)20(17)26-22/h9,12,18,23H,3-8,10-11H2,1-2H3/t12-,18-,22+/m0/s1. The molecule has 1 aromatic heterocycles. The summed E-state index contributed by atoms with van der Waals surface area (Å²) in [6, 6.07) is 2.02. The topological polar surface area (TPSA) is 59.7 Å². The van der Waals surface area contributed by atoms with Crippen molar-refractivity contribution in [3.8, 4) is 5.75 Å². The van der Waals surface area contributed by atoms with E-state index in [2.05, 4.69) is 6.92 Å². The fourth-order valence-electron chi connectivity index (χ4n) is 5.58. The van der Waals surface area contributed by atoms with E-state index in [9.17, 15) is 9.90 Å². The summed E-state index contributed by atoms with van der Waals surface area (Å²) in [6.07, 6.45) is 7.18. The van der Waals surface area contributed by atoms with Crippen molar-refractivity contribution in [1.29, 1.82) is 0 Å². The average Bonchev–Trinajstić information content (AvgIpc) is 3.08. The van der Waals surface area contributed by atoms with Gasteiger partial charge in [0, 0.05) is 28.5 Å². The number of hydrogen-bond acceptors (Lipinski definition) is 4. The molecule has 1 aliphatic heterocycles. The zero-order chi connectivity index (χ0) is 18.1. The second-order valence-electron chi connectivity index (χ2n) is 8.70. The SMILES string of the molecule is Cc1c2c(cc3c4c(c(=O)oc13)CCC4)[C@@H](O)C[C@]1(CCC[C@H](C)C1)O2. The lowest BCUT2D eigenvalue weighted by Gasteiger charge is -2.45. The highest BCUT2D eigenvalue weighted by atomic mass is 16.5. The first-order valence-corrected chi connectivity index (χ1v) is 9.96. The first-order valence-electron chi connectivity index (χ1n) is 9.96. The molecule has 0 unspecified atom stereocenters. The van der Waals surface area contributed by atoms with Gasteiger partial charge < -0.3 is 14.3 Å². The van der Waals surface area contributed by atoms with Crippen LogP contribution in [0.2, 0.25) is 0 Å². The average molecular weight is 354 g/mol. The van der Waals surface area contributed by atoms with E-state index in [-0.39, 0.29) is 11.2 Å². The molecule has 1 fully saturated rings. The van der Waals surface area contributed by atoms with E-state index in [1.54, 1.807) is 0 Å². The van der Waals surface area contributed by atoms with Crippen molar-refractivity contribution >= 4 is 11.0 Å². The summed E-state index contributed by atoms with van der Waals surface area (Å²) in [5.74, 6) is 1.35. The third kappa shape index (κ3) is 2.27. The van der Waals surface area contributed by atoms with Crippen LogP contribution in [-0.2, 0) is 12.8 Å². The van der Waals surface area contributed by atoms with E-state index in [0.717, 1.165) is 71.9 Å². The van der Waals surface area contributed by atoms with E-state index in [0.29, 0.717) is 17.9 Å². The monoisotopic (exact) mass is 354 g/mol. The second kappa shape index (κ2) is 5.59. The van der Waals surface area contributed by atoms with Gasteiger partial charge in [0.25, 0.3) is 0 Å².